The Hall–Kier alpha value is -0.770. The van der Waals surface area contributed by atoms with Crippen molar-refractivity contribution < 1.29 is 4.74 Å². The molecule has 2 unspecified atom stereocenters. The molecule has 128 valence electrons. The molecule has 2 aliphatic carbocycles. The second-order valence-electron chi connectivity index (χ2n) is 7.18. The molecule has 2 atom stereocenters. The minimum atomic E-state index is 0.380. The number of nitrogens with one attached hydrogen (secondary N) is 2. The van der Waals surface area contributed by atoms with Crippen LogP contribution >= 0.6 is 0 Å². The quantitative estimate of drug-likeness (QED) is 0.507. The molecule has 2 fully saturated rings. The number of ether oxygens (including phenoxy) is 1. The predicted molar refractivity (Wildman–Crippen MR) is 93.3 cm³/mol. The fourth-order valence-corrected chi connectivity index (χ4v) is 3.79. The molecule has 0 heterocycles. The number of hydrogen-bond acceptors (Lipinski definition) is 2. The van der Waals surface area contributed by atoms with Crippen molar-refractivity contribution in [2.45, 2.75) is 71.3 Å². The lowest BCUT2D eigenvalue weighted by Gasteiger charge is -2.27. The van der Waals surface area contributed by atoms with Gasteiger partial charge < -0.3 is 15.4 Å². The molecule has 0 aromatic carbocycles. The van der Waals surface area contributed by atoms with Crippen LogP contribution in [0.3, 0.4) is 0 Å². The van der Waals surface area contributed by atoms with Crippen molar-refractivity contribution in [2.75, 3.05) is 26.8 Å². The van der Waals surface area contributed by atoms with Gasteiger partial charge in [0.05, 0.1) is 0 Å². The van der Waals surface area contributed by atoms with Gasteiger partial charge in [0.1, 0.15) is 0 Å². The average Bonchev–Trinajstić information content (AvgIpc) is 3.07. The average molecular weight is 309 g/mol. The fourth-order valence-electron chi connectivity index (χ4n) is 3.79. The van der Waals surface area contributed by atoms with Crippen LogP contribution in [0, 0.1) is 11.3 Å². The van der Waals surface area contributed by atoms with Gasteiger partial charge in [-0.05, 0) is 50.4 Å². The second-order valence-corrected chi connectivity index (χ2v) is 7.18. The van der Waals surface area contributed by atoms with Crippen LogP contribution in [-0.4, -0.2) is 38.8 Å². The van der Waals surface area contributed by atoms with E-state index in [0.717, 1.165) is 38.0 Å². The summed E-state index contributed by atoms with van der Waals surface area (Å²) in [4.78, 5) is 4.93. The van der Waals surface area contributed by atoms with Crippen LogP contribution in [0.4, 0.5) is 0 Å². The summed E-state index contributed by atoms with van der Waals surface area (Å²) >= 11 is 0. The van der Waals surface area contributed by atoms with Gasteiger partial charge in [-0.1, -0.05) is 26.2 Å². The Kier molecular flexibility index (Phi) is 7.00. The van der Waals surface area contributed by atoms with Crippen LogP contribution in [0.15, 0.2) is 4.99 Å². The van der Waals surface area contributed by atoms with Crippen LogP contribution in [0.1, 0.15) is 65.2 Å². The smallest absolute Gasteiger partial charge is 0.191 e. The van der Waals surface area contributed by atoms with Crippen LogP contribution < -0.4 is 10.6 Å². The highest BCUT2D eigenvalue weighted by atomic mass is 16.5. The van der Waals surface area contributed by atoms with E-state index in [-0.39, 0.29) is 0 Å². The lowest BCUT2D eigenvalue weighted by Crippen LogP contribution is -2.40. The molecule has 0 bridgehead atoms. The van der Waals surface area contributed by atoms with Crippen molar-refractivity contribution in [3.63, 3.8) is 0 Å². The van der Waals surface area contributed by atoms with Crippen molar-refractivity contribution in [2.24, 2.45) is 16.3 Å². The number of rotatable bonds is 9. The molecule has 0 amide bonds. The molecular weight excluding hydrogens is 274 g/mol. The summed E-state index contributed by atoms with van der Waals surface area (Å²) in [5, 5.41) is 7.05. The SMILES string of the molecule is CCCC1CC1NC(=NCC1(CCOC)CCCC1)NCC. The third-order valence-electron chi connectivity index (χ3n) is 5.32. The maximum atomic E-state index is 5.32. The van der Waals surface area contributed by atoms with Gasteiger partial charge in [-0.2, -0.15) is 0 Å². The number of nitrogens with zero attached hydrogens (tertiary/aromatic N) is 1. The highest BCUT2D eigenvalue weighted by molar-refractivity contribution is 5.80. The third kappa shape index (κ3) is 5.15. The second kappa shape index (κ2) is 8.76. The van der Waals surface area contributed by atoms with Gasteiger partial charge in [0.25, 0.3) is 0 Å². The number of guanidine groups is 1. The van der Waals surface area contributed by atoms with E-state index < -0.39 is 0 Å². The maximum Gasteiger partial charge on any atom is 0.191 e. The van der Waals surface area contributed by atoms with E-state index in [2.05, 4.69) is 24.5 Å². The van der Waals surface area contributed by atoms with Crippen molar-refractivity contribution in [3.05, 3.63) is 0 Å². The van der Waals surface area contributed by atoms with E-state index >= 15 is 0 Å². The van der Waals surface area contributed by atoms with Gasteiger partial charge in [0.15, 0.2) is 5.96 Å². The van der Waals surface area contributed by atoms with Crippen molar-refractivity contribution >= 4 is 5.96 Å². The molecule has 2 aliphatic rings. The summed E-state index contributed by atoms with van der Waals surface area (Å²) < 4.78 is 5.32. The van der Waals surface area contributed by atoms with Crippen LogP contribution in [0.25, 0.3) is 0 Å². The Bertz CT molecular complexity index is 350. The maximum absolute atomic E-state index is 5.32. The summed E-state index contributed by atoms with van der Waals surface area (Å²) in [6.07, 6.45) is 10.4. The van der Waals surface area contributed by atoms with Gasteiger partial charge in [0.2, 0.25) is 0 Å². The molecule has 0 saturated heterocycles. The van der Waals surface area contributed by atoms with E-state index in [1.807, 2.05) is 0 Å². The number of hydrogen-bond donors (Lipinski definition) is 2. The highest BCUT2D eigenvalue weighted by Gasteiger charge is 2.37. The Morgan fingerprint density at radius 2 is 2.05 bits per heavy atom. The van der Waals surface area contributed by atoms with Crippen molar-refractivity contribution in [3.8, 4) is 0 Å². The van der Waals surface area contributed by atoms with Gasteiger partial charge in [-0.3, -0.25) is 4.99 Å². The molecule has 22 heavy (non-hydrogen) atoms. The van der Waals surface area contributed by atoms with Crippen LogP contribution in [0.2, 0.25) is 0 Å². The van der Waals surface area contributed by atoms with Gasteiger partial charge in [-0.15, -0.1) is 0 Å². The first-order valence-corrected chi connectivity index (χ1v) is 9.27. The molecule has 0 aromatic rings. The Morgan fingerprint density at radius 3 is 2.68 bits per heavy atom. The normalized spacial score (nSPS) is 27.0. The molecule has 0 radical (unpaired) electrons. The molecule has 2 rings (SSSR count). The summed E-state index contributed by atoms with van der Waals surface area (Å²) in [6.45, 7) is 7.15. The molecule has 0 aliphatic heterocycles. The molecular formula is C18H35N3O. The zero-order valence-electron chi connectivity index (χ0n) is 14.8. The van der Waals surface area contributed by atoms with Crippen molar-refractivity contribution in [1.82, 2.24) is 10.6 Å². The molecule has 2 saturated carbocycles. The first-order chi connectivity index (χ1) is 10.7. The first kappa shape index (κ1) is 17.6. The summed E-state index contributed by atoms with van der Waals surface area (Å²) in [5.74, 6) is 1.89. The lowest BCUT2D eigenvalue weighted by molar-refractivity contribution is 0.141. The van der Waals surface area contributed by atoms with Gasteiger partial charge >= 0.3 is 0 Å². The van der Waals surface area contributed by atoms with Gasteiger partial charge in [-0.25, -0.2) is 0 Å². The fraction of sp³-hybridized carbons (Fsp3) is 0.944. The van der Waals surface area contributed by atoms with Gasteiger partial charge in [0, 0.05) is 32.8 Å². The molecule has 0 spiro atoms. The zero-order chi connectivity index (χ0) is 15.8. The Balaban J connectivity index is 1.87. The summed E-state index contributed by atoms with van der Waals surface area (Å²) in [5.41, 5.74) is 0.380. The molecule has 2 N–H and O–H groups in total. The minimum absolute atomic E-state index is 0.380. The Morgan fingerprint density at radius 1 is 1.27 bits per heavy atom. The summed E-state index contributed by atoms with van der Waals surface area (Å²) in [6, 6.07) is 0.649. The molecule has 4 nitrogen and oxygen atoms in total. The van der Waals surface area contributed by atoms with E-state index in [1.54, 1.807) is 7.11 Å². The highest BCUT2D eigenvalue weighted by Crippen LogP contribution is 2.41. The largest absolute Gasteiger partial charge is 0.385 e. The monoisotopic (exact) mass is 309 g/mol. The summed E-state index contributed by atoms with van der Waals surface area (Å²) in [7, 11) is 1.80. The number of methoxy groups -OCH3 is 1. The van der Waals surface area contributed by atoms with E-state index in [0.29, 0.717) is 11.5 Å². The zero-order valence-corrected chi connectivity index (χ0v) is 14.8. The third-order valence-corrected chi connectivity index (χ3v) is 5.32. The van der Waals surface area contributed by atoms with E-state index in [4.69, 9.17) is 9.73 Å². The van der Waals surface area contributed by atoms with Crippen LogP contribution in [-0.2, 0) is 4.74 Å². The lowest BCUT2D eigenvalue weighted by atomic mass is 9.83. The predicted octanol–water partition coefficient (Wildman–Crippen LogP) is 3.33. The number of aliphatic imine (C=N–C) groups is 1. The van der Waals surface area contributed by atoms with Crippen molar-refractivity contribution in [1.29, 1.82) is 0 Å². The topological polar surface area (TPSA) is 45.7 Å². The molecule has 0 aromatic heterocycles. The Labute approximate surface area is 136 Å². The molecule has 4 heteroatoms. The van der Waals surface area contributed by atoms with E-state index in [9.17, 15) is 0 Å². The first-order valence-electron chi connectivity index (χ1n) is 9.27. The van der Waals surface area contributed by atoms with E-state index in [1.165, 1.54) is 44.9 Å². The minimum Gasteiger partial charge on any atom is -0.385 e. The standard InChI is InChI=1S/C18H35N3O/c1-4-8-15-13-16(15)21-17(19-5-2)20-14-18(11-12-22-3)9-6-7-10-18/h15-16H,4-14H2,1-3H3,(H2,19,20,21). The van der Waals surface area contributed by atoms with Crippen LogP contribution in [0.5, 0.6) is 0 Å².